The molecule has 0 radical (unpaired) electrons. The summed E-state index contributed by atoms with van der Waals surface area (Å²) in [6.07, 6.45) is 3.85. The molecule has 132 valence electrons. The third-order valence-electron chi connectivity index (χ3n) is 4.86. The van der Waals surface area contributed by atoms with Crippen molar-refractivity contribution in [2.24, 2.45) is 0 Å². The standard InChI is InChI=1S/C17H15F3N2O3/c18-11-10-14(13(20)15(12(11)19)21-5-1-2-6-21)22(8-3-4-8)7-9(16(10)23)17(24)25/h7-8H,1-6H2,(H,24,25). The molecule has 2 aliphatic rings. The van der Waals surface area contributed by atoms with Crippen molar-refractivity contribution >= 4 is 22.6 Å². The predicted molar refractivity (Wildman–Crippen MR) is 84.8 cm³/mol. The lowest BCUT2D eigenvalue weighted by Gasteiger charge is -2.22. The Morgan fingerprint density at radius 1 is 1.08 bits per heavy atom. The van der Waals surface area contributed by atoms with E-state index in [0.717, 1.165) is 19.0 Å². The first kappa shape index (κ1) is 16.0. The Balaban J connectivity index is 2.13. The molecule has 0 spiro atoms. The van der Waals surface area contributed by atoms with Crippen molar-refractivity contribution in [1.29, 1.82) is 0 Å². The van der Waals surface area contributed by atoms with E-state index in [-0.39, 0.29) is 11.6 Å². The van der Waals surface area contributed by atoms with Gasteiger partial charge in [0.05, 0.1) is 10.9 Å². The molecule has 1 aliphatic heterocycles. The molecule has 1 aromatic carbocycles. The summed E-state index contributed by atoms with van der Waals surface area (Å²) < 4.78 is 45.7. The number of hydrogen-bond donors (Lipinski definition) is 1. The second kappa shape index (κ2) is 5.50. The number of pyridine rings is 1. The number of aromatic carboxylic acids is 1. The fraction of sp³-hybridized carbons (Fsp3) is 0.412. The van der Waals surface area contributed by atoms with Crippen molar-refractivity contribution in [2.45, 2.75) is 31.7 Å². The van der Waals surface area contributed by atoms with Gasteiger partial charge in [-0.3, -0.25) is 4.79 Å². The van der Waals surface area contributed by atoms with Crippen LogP contribution in [0.2, 0.25) is 0 Å². The molecule has 8 heteroatoms. The SMILES string of the molecule is O=C(O)c1cn(C2CC2)c2c(F)c(N3CCCC3)c(F)c(F)c2c1=O. The molecule has 25 heavy (non-hydrogen) atoms. The van der Waals surface area contributed by atoms with Crippen molar-refractivity contribution in [3.8, 4) is 0 Å². The Bertz CT molecular complexity index is 960. The van der Waals surface area contributed by atoms with Crippen LogP contribution >= 0.6 is 0 Å². The minimum Gasteiger partial charge on any atom is -0.477 e. The van der Waals surface area contributed by atoms with E-state index in [1.807, 2.05) is 0 Å². The van der Waals surface area contributed by atoms with Crippen molar-refractivity contribution < 1.29 is 23.1 Å². The van der Waals surface area contributed by atoms with Gasteiger partial charge < -0.3 is 14.6 Å². The molecule has 1 aromatic heterocycles. The van der Waals surface area contributed by atoms with Crippen LogP contribution in [0.15, 0.2) is 11.0 Å². The van der Waals surface area contributed by atoms with Crippen molar-refractivity contribution in [2.75, 3.05) is 18.0 Å². The van der Waals surface area contributed by atoms with E-state index in [9.17, 15) is 23.5 Å². The van der Waals surface area contributed by atoms with Gasteiger partial charge in [-0.25, -0.2) is 18.0 Å². The zero-order valence-corrected chi connectivity index (χ0v) is 13.2. The molecule has 0 unspecified atom stereocenters. The van der Waals surface area contributed by atoms with Gasteiger partial charge in [0.25, 0.3) is 0 Å². The number of nitrogens with zero attached hydrogens (tertiary/aromatic N) is 2. The fourth-order valence-corrected chi connectivity index (χ4v) is 3.49. The highest BCUT2D eigenvalue weighted by molar-refractivity contribution is 5.94. The highest BCUT2D eigenvalue weighted by atomic mass is 19.2. The first-order valence-electron chi connectivity index (χ1n) is 8.15. The summed E-state index contributed by atoms with van der Waals surface area (Å²) in [5.74, 6) is -5.48. The fourth-order valence-electron chi connectivity index (χ4n) is 3.49. The van der Waals surface area contributed by atoms with Crippen LogP contribution in [0.25, 0.3) is 10.9 Å². The van der Waals surface area contributed by atoms with E-state index in [1.165, 1.54) is 9.47 Å². The van der Waals surface area contributed by atoms with Crippen LogP contribution in [-0.4, -0.2) is 28.7 Å². The van der Waals surface area contributed by atoms with Crippen LogP contribution in [0.3, 0.4) is 0 Å². The molecule has 2 heterocycles. The monoisotopic (exact) mass is 352 g/mol. The lowest BCUT2D eigenvalue weighted by Crippen LogP contribution is -2.25. The van der Waals surface area contributed by atoms with Gasteiger partial charge in [-0.1, -0.05) is 0 Å². The molecule has 0 amide bonds. The normalized spacial score (nSPS) is 17.5. The topological polar surface area (TPSA) is 62.5 Å². The van der Waals surface area contributed by atoms with Gasteiger partial charge in [0.1, 0.15) is 11.3 Å². The minimum atomic E-state index is -1.55. The summed E-state index contributed by atoms with van der Waals surface area (Å²) in [6.45, 7) is 0.805. The van der Waals surface area contributed by atoms with E-state index < -0.39 is 45.5 Å². The van der Waals surface area contributed by atoms with Gasteiger partial charge in [-0.2, -0.15) is 0 Å². The molecular weight excluding hydrogens is 337 g/mol. The third-order valence-corrected chi connectivity index (χ3v) is 4.86. The van der Waals surface area contributed by atoms with E-state index in [2.05, 4.69) is 0 Å². The van der Waals surface area contributed by atoms with Gasteiger partial charge in [0.15, 0.2) is 17.5 Å². The van der Waals surface area contributed by atoms with Crippen molar-refractivity contribution in [3.63, 3.8) is 0 Å². The number of carboxylic acids is 1. The molecule has 1 N–H and O–H groups in total. The average molecular weight is 352 g/mol. The molecule has 0 atom stereocenters. The van der Waals surface area contributed by atoms with Gasteiger partial charge >= 0.3 is 5.97 Å². The Kier molecular flexibility index (Phi) is 3.52. The highest BCUT2D eigenvalue weighted by Crippen LogP contribution is 2.40. The smallest absolute Gasteiger partial charge is 0.341 e. The largest absolute Gasteiger partial charge is 0.477 e. The molecule has 2 aromatic rings. The average Bonchev–Trinajstić information content (AvgIpc) is 3.28. The van der Waals surface area contributed by atoms with E-state index in [4.69, 9.17) is 0 Å². The van der Waals surface area contributed by atoms with E-state index in [1.54, 1.807) is 0 Å². The third kappa shape index (κ3) is 2.31. The number of carbonyl (C=O) groups is 1. The lowest BCUT2D eigenvalue weighted by atomic mass is 10.1. The Hall–Kier alpha value is -2.51. The van der Waals surface area contributed by atoms with Gasteiger partial charge in [-0.15, -0.1) is 0 Å². The maximum atomic E-state index is 15.2. The number of anilines is 1. The second-order valence-corrected chi connectivity index (χ2v) is 6.52. The van der Waals surface area contributed by atoms with Crippen LogP contribution in [-0.2, 0) is 0 Å². The predicted octanol–water partition coefficient (Wildman–Crippen LogP) is 3.05. The van der Waals surface area contributed by atoms with Crippen LogP contribution < -0.4 is 10.3 Å². The zero-order valence-electron chi connectivity index (χ0n) is 13.2. The number of carboxylic acid groups (broad SMARTS) is 1. The number of halogens is 3. The summed E-state index contributed by atoms with van der Waals surface area (Å²) in [7, 11) is 0. The molecule has 1 saturated carbocycles. The van der Waals surface area contributed by atoms with E-state index in [0.29, 0.717) is 25.9 Å². The maximum Gasteiger partial charge on any atom is 0.341 e. The minimum absolute atomic E-state index is 0.216. The van der Waals surface area contributed by atoms with Gasteiger partial charge in [-0.05, 0) is 25.7 Å². The zero-order chi connectivity index (χ0) is 17.9. The molecule has 0 bridgehead atoms. The van der Waals surface area contributed by atoms with Gasteiger partial charge in [0.2, 0.25) is 5.43 Å². The van der Waals surface area contributed by atoms with Gasteiger partial charge in [0, 0.05) is 25.3 Å². The van der Waals surface area contributed by atoms with Crippen LogP contribution in [0.5, 0.6) is 0 Å². The Labute approximate surface area is 140 Å². The van der Waals surface area contributed by atoms with Crippen LogP contribution in [0.1, 0.15) is 42.1 Å². The van der Waals surface area contributed by atoms with Crippen molar-refractivity contribution in [1.82, 2.24) is 4.57 Å². The quantitative estimate of drug-likeness (QED) is 0.863. The van der Waals surface area contributed by atoms with Crippen LogP contribution in [0.4, 0.5) is 18.9 Å². The maximum absolute atomic E-state index is 15.2. The number of aromatic nitrogens is 1. The Morgan fingerprint density at radius 3 is 2.28 bits per heavy atom. The number of benzene rings is 1. The second-order valence-electron chi connectivity index (χ2n) is 6.52. The highest BCUT2D eigenvalue weighted by Gasteiger charge is 2.34. The number of hydrogen-bond acceptors (Lipinski definition) is 3. The molecular formula is C17H15F3N2O3. The summed E-state index contributed by atoms with van der Waals surface area (Å²) in [4.78, 5) is 25.1. The van der Waals surface area contributed by atoms with E-state index >= 15 is 4.39 Å². The molecule has 4 rings (SSSR count). The molecule has 1 saturated heterocycles. The van der Waals surface area contributed by atoms with Crippen LogP contribution in [0, 0.1) is 17.5 Å². The Morgan fingerprint density at radius 2 is 1.72 bits per heavy atom. The number of fused-ring (bicyclic) bond motifs is 1. The molecule has 5 nitrogen and oxygen atoms in total. The van der Waals surface area contributed by atoms with Crippen molar-refractivity contribution in [3.05, 3.63) is 39.4 Å². The summed E-state index contributed by atoms with van der Waals surface area (Å²) in [6, 6.07) is -0.216. The lowest BCUT2D eigenvalue weighted by molar-refractivity contribution is 0.0695. The first-order valence-corrected chi connectivity index (χ1v) is 8.15. The molecule has 2 fully saturated rings. The molecule has 1 aliphatic carbocycles. The summed E-state index contributed by atoms with van der Waals surface area (Å²) in [5.41, 5.74) is -2.72. The summed E-state index contributed by atoms with van der Waals surface area (Å²) in [5, 5.41) is 8.35. The first-order chi connectivity index (χ1) is 11.9. The number of rotatable bonds is 3. The summed E-state index contributed by atoms with van der Waals surface area (Å²) >= 11 is 0.